The van der Waals surface area contributed by atoms with E-state index in [2.05, 4.69) is 63.3 Å². The van der Waals surface area contributed by atoms with Gasteiger partial charge in [0.1, 0.15) is 6.54 Å². The predicted octanol–water partition coefficient (Wildman–Crippen LogP) is 5.60. The van der Waals surface area contributed by atoms with Crippen LogP contribution in [-0.4, -0.2) is 20.8 Å². The van der Waals surface area contributed by atoms with E-state index >= 15 is 0 Å². The molecule has 2 aliphatic rings. The summed E-state index contributed by atoms with van der Waals surface area (Å²) in [7, 11) is 3.40. The number of fused-ring (bicyclic) bond motifs is 3. The first-order valence-corrected chi connectivity index (χ1v) is 12.5. The fraction of sp³-hybridized carbons (Fsp3) is 0.586. The van der Waals surface area contributed by atoms with E-state index in [1.807, 2.05) is 6.07 Å². The average Bonchev–Trinajstić information content (AvgIpc) is 2.78. The van der Waals surface area contributed by atoms with Gasteiger partial charge in [0.05, 0.1) is 20.8 Å². The van der Waals surface area contributed by atoms with Crippen LogP contribution in [0.5, 0.6) is 11.5 Å². The molecule has 0 spiro atoms. The summed E-state index contributed by atoms with van der Waals surface area (Å²) in [6, 6.07) is 13.7. The second-order valence-corrected chi connectivity index (χ2v) is 11.0. The second-order valence-electron chi connectivity index (χ2n) is 11.0. The lowest BCUT2D eigenvalue weighted by Gasteiger charge is -2.54. The van der Waals surface area contributed by atoms with Gasteiger partial charge < -0.3 is 14.8 Å². The lowest BCUT2D eigenvalue weighted by molar-refractivity contribution is -0.683. The number of ether oxygens (including phenoxy) is 2. The number of hydrogen-bond donors (Lipinski definition) is 1. The largest absolute Gasteiger partial charge is 0.493 e. The van der Waals surface area contributed by atoms with Crippen molar-refractivity contribution in [2.45, 2.75) is 77.7 Å². The zero-order valence-corrected chi connectivity index (χ0v) is 21.0. The third-order valence-electron chi connectivity index (χ3n) is 8.61. The molecule has 0 heterocycles. The lowest BCUT2D eigenvalue weighted by atomic mass is 9.49. The van der Waals surface area contributed by atoms with Crippen LogP contribution in [0.4, 0.5) is 0 Å². The predicted molar refractivity (Wildman–Crippen MR) is 132 cm³/mol. The van der Waals surface area contributed by atoms with Crippen molar-refractivity contribution < 1.29 is 14.8 Å². The molecule has 2 N–H and O–H groups in total. The topological polar surface area (TPSA) is 35.1 Å². The van der Waals surface area contributed by atoms with E-state index in [0.717, 1.165) is 24.0 Å². The number of hydrogen-bond acceptors (Lipinski definition) is 2. The monoisotopic (exact) mass is 436 g/mol. The number of methoxy groups -OCH3 is 2. The first-order chi connectivity index (χ1) is 15.3. The average molecular weight is 437 g/mol. The molecular weight excluding hydrogens is 394 g/mol. The molecular formula is C29H42NO2+. The number of quaternary nitrogens is 1. The third kappa shape index (κ3) is 4.17. The quantitative estimate of drug-likeness (QED) is 0.613. The van der Waals surface area contributed by atoms with Gasteiger partial charge in [-0.05, 0) is 77.8 Å². The molecule has 1 saturated carbocycles. The summed E-state index contributed by atoms with van der Waals surface area (Å²) in [5.74, 6) is 2.98. The van der Waals surface area contributed by atoms with Gasteiger partial charge in [0.15, 0.2) is 11.5 Å². The molecule has 2 aromatic rings. The van der Waals surface area contributed by atoms with Gasteiger partial charge in [0.25, 0.3) is 0 Å². The van der Waals surface area contributed by atoms with Crippen molar-refractivity contribution in [3.8, 4) is 11.5 Å². The van der Waals surface area contributed by atoms with E-state index in [1.54, 1.807) is 25.3 Å². The highest BCUT2D eigenvalue weighted by molar-refractivity contribution is 5.43. The molecule has 0 aromatic heterocycles. The standard InChI is InChI=1S/C29H41NO2/c1-20(2)22-9-11-24-23(17-22)10-13-27-28(3,14-7-15-29(24,27)4)19-30-18-21-8-12-25(31-5)26(16-21)32-6/h8-9,11-12,16-17,20,27,30H,7,10,13-15,18-19H2,1-6H3/p+1/t27-,28-,29-/m0/s1. The summed E-state index contributed by atoms with van der Waals surface area (Å²) in [6.07, 6.45) is 6.57. The van der Waals surface area contributed by atoms with Crippen LogP contribution >= 0.6 is 0 Å². The van der Waals surface area contributed by atoms with Crippen molar-refractivity contribution in [2.75, 3.05) is 20.8 Å². The van der Waals surface area contributed by atoms with E-state index in [4.69, 9.17) is 9.47 Å². The van der Waals surface area contributed by atoms with Gasteiger partial charge in [0.2, 0.25) is 0 Å². The third-order valence-corrected chi connectivity index (χ3v) is 8.61. The number of benzene rings is 2. The molecule has 0 amide bonds. The van der Waals surface area contributed by atoms with Gasteiger partial charge in [-0.2, -0.15) is 0 Å². The van der Waals surface area contributed by atoms with E-state index < -0.39 is 0 Å². The van der Waals surface area contributed by atoms with Gasteiger partial charge in [-0.15, -0.1) is 0 Å². The Morgan fingerprint density at radius 3 is 2.50 bits per heavy atom. The molecule has 3 nitrogen and oxygen atoms in total. The van der Waals surface area contributed by atoms with Crippen molar-refractivity contribution in [1.82, 2.24) is 0 Å². The van der Waals surface area contributed by atoms with Gasteiger partial charge >= 0.3 is 0 Å². The summed E-state index contributed by atoms with van der Waals surface area (Å²) in [6.45, 7) is 11.9. The summed E-state index contributed by atoms with van der Waals surface area (Å²) in [4.78, 5) is 0. The molecule has 0 aliphatic heterocycles. The minimum atomic E-state index is 0.313. The van der Waals surface area contributed by atoms with Crippen LogP contribution in [0.1, 0.15) is 81.5 Å². The van der Waals surface area contributed by atoms with Crippen molar-refractivity contribution in [2.24, 2.45) is 11.3 Å². The molecule has 174 valence electrons. The minimum Gasteiger partial charge on any atom is -0.493 e. The van der Waals surface area contributed by atoms with Crippen LogP contribution in [0, 0.1) is 11.3 Å². The Morgan fingerprint density at radius 1 is 1.00 bits per heavy atom. The van der Waals surface area contributed by atoms with Gasteiger partial charge in [-0.1, -0.05) is 52.3 Å². The van der Waals surface area contributed by atoms with E-state index in [-0.39, 0.29) is 0 Å². The molecule has 0 bridgehead atoms. The minimum absolute atomic E-state index is 0.313. The highest BCUT2D eigenvalue weighted by Gasteiger charge is 2.52. The molecule has 3 heteroatoms. The maximum Gasteiger partial charge on any atom is 0.161 e. The molecule has 2 aromatic carbocycles. The molecule has 0 saturated heterocycles. The Balaban J connectivity index is 1.50. The SMILES string of the molecule is COc1ccc(C[NH2+]C[C@]2(C)CCC[C@@]3(C)c4ccc(C(C)C)cc4CC[C@@H]23)cc1OC. The van der Waals surface area contributed by atoms with Crippen LogP contribution in [0.25, 0.3) is 0 Å². The van der Waals surface area contributed by atoms with Crippen LogP contribution in [0.3, 0.4) is 0 Å². The number of rotatable bonds is 7. The molecule has 4 rings (SSSR count). The van der Waals surface area contributed by atoms with E-state index in [9.17, 15) is 0 Å². The lowest BCUT2D eigenvalue weighted by Crippen LogP contribution is -2.86. The highest BCUT2D eigenvalue weighted by Crippen LogP contribution is 2.56. The zero-order chi connectivity index (χ0) is 22.9. The van der Waals surface area contributed by atoms with Gasteiger partial charge in [-0.25, -0.2) is 0 Å². The number of nitrogens with two attached hydrogens (primary N) is 1. The smallest absolute Gasteiger partial charge is 0.161 e. The summed E-state index contributed by atoms with van der Waals surface area (Å²) >= 11 is 0. The van der Waals surface area contributed by atoms with Crippen molar-refractivity contribution in [3.05, 3.63) is 58.7 Å². The summed E-state index contributed by atoms with van der Waals surface area (Å²) < 4.78 is 10.9. The first kappa shape index (κ1) is 23.2. The zero-order valence-electron chi connectivity index (χ0n) is 21.0. The van der Waals surface area contributed by atoms with Gasteiger partial charge in [0, 0.05) is 11.0 Å². The van der Waals surface area contributed by atoms with Crippen LogP contribution < -0.4 is 14.8 Å². The fourth-order valence-corrected chi connectivity index (χ4v) is 6.82. The molecule has 2 aliphatic carbocycles. The molecule has 32 heavy (non-hydrogen) atoms. The Morgan fingerprint density at radius 2 is 1.78 bits per heavy atom. The summed E-state index contributed by atoms with van der Waals surface area (Å²) in [5.41, 5.74) is 6.73. The Kier molecular flexibility index (Phi) is 6.58. The van der Waals surface area contributed by atoms with E-state index in [0.29, 0.717) is 16.7 Å². The maximum atomic E-state index is 5.49. The van der Waals surface area contributed by atoms with Crippen molar-refractivity contribution in [1.29, 1.82) is 0 Å². The van der Waals surface area contributed by atoms with E-state index in [1.165, 1.54) is 49.8 Å². The number of aryl methyl sites for hydroxylation is 1. The second kappa shape index (κ2) is 9.09. The Hall–Kier alpha value is -2.00. The normalized spacial score (nSPS) is 27.0. The van der Waals surface area contributed by atoms with Gasteiger partial charge in [-0.3, -0.25) is 0 Å². The molecule has 0 radical (unpaired) electrons. The molecule has 1 fully saturated rings. The van der Waals surface area contributed by atoms with Crippen LogP contribution in [0.2, 0.25) is 0 Å². The molecule has 3 atom stereocenters. The van der Waals surface area contributed by atoms with Crippen LogP contribution in [-0.2, 0) is 18.4 Å². The summed E-state index contributed by atoms with van der Waals surface area (Å²) in [5, 5.41) is 2.52. The highest BCUT2D eigenvalue weighted by atomic mass is 16.5. The van der Waals surface area contributed by atoms with Crippen LogP contribution in [0.15, 0.2) is 36.4 Å². The first-order valence-electron chi connectivity index (χ1n) is 12.5. The Bertz CT molecular complexity index is 952. The van der Waals surface area contributed by atoms with Crippen molar-refractivity contribution in [3.63, 3.8) is 0 Å². The van der Waals surface area contributed by atoms with Crippen molar-refractivity contribution >= 4 is 0 Å². The molecule has 0 unspecified atom stereocenters. The maximum absolute atomic E-state index is 5.49. The Labute approximate surface area is 194 Å². The fourth-order valence-electron chi connectivity index (χ4n) is 6.82.